The summed E-state index contributed by atoms with van der Waals surface area (Å²) in [7, 11) is 0. The van der Waals surface area contributed by atoms with Gasteiger partial charge in [0.25, 0.3) is 0 Å². The van der Waals surface area contributed by atoms with Crippen LogP contribution < -0.4 is 0 Å². The summed E-state index contributed by atoms with van der Waals surface area (Å²) >= 11 is 0. The van der Waals surface area contributed by atoms with E-state index in [1.807, 2.05) is 0 Å². The summed E-state index contributed by atoms with van der Waals surface area (Å²) in [6.45, 7) is 1.11. The molecule has 0 aromatic carbocycles. The average molecular weight is 262 g/mol. The molecule has 0 rings (SSSR count). The van der Waals surface area contributed by atoms with E-state index in [-0.39, 0.29) is 18.9 Å². The maximum atomic E-state index is 12.1. The zero-order valence-corrected chi connectivity index (χ0v) is 9.54. The van der Waals surface area contributed by atoms with Gasteiger partial charge in [-0.15, -0.1) is 0 Å². The van der Waals surface area contributed by atoms with Crippen molar-refractivity contribution in [1.82, 2.24) is 0 Å². The van der Waals surface area contributed by atoms with E-state index in [2.05, 4.69) is 0 Å². The first-order valence-electron chi connectivity index (χ1n) is 5.44. The Morgan fingerprint density at radius 2 is 1.53 bits per heavy atom. The maximum Gasteiger partial charge on any atom is 0.409 e. The van der Waals surface area contributed by atoms with Gasteiger partial charge in [0.2, 0.25) is 0 Å². The molecule has 0 aromatic heterocycles. The van der Waals surface area contributed by atoms with E-state index < -0.39 is 18.3 Å². The third-order valence-electron chi connectivity index (χ3n) is 2.37. The molecule has 17 heavy (non-hydrogen) atoms. The molecule has 0 aliphatic heterocycles. The number of halogens is 6. The lowest BCUT2D eigenvalue weighted by molar-refractivity contribution is -0.171. The van der Waals surface area contributed by atoms with Crippen molar-refractivity contribution in [1.29, 1.82) is 0 Å². The van der Waals surface area contributed by atoms with Crippen LogP contribution in [-0.4, -0.2) is 12.4 Å². The fourth-order valence-electron chi connectivity index (χ4n) is 1.27. The van der Waals surface area contributed by atoms with Gasteiger partial charge in [0, 0.05) is 6.08 Å². The first kappa shape index (κ1) is 16.3. The highest BCUT2D eigenvalue weighted by atomic mass is 19.4. The van der Waals surface area contributed by atoms with Crippen molar-refractivity contribution >= 4 is 0 Å². The SMILES string of the molecule is CC(CCCCCC=CC(F)(F)F)C(F)(F)F. The minimum Gasteiger partial charge on any atom is -0.171 e. The minimum atomic E-state index is -4.30. The number of hydrogen-bond acceptors (Lipinski definition) is 0. The lowest BCUT2D eigenvalue weighted by atomic mass is 10.0. The van der Waals surface area contributed by atoms with Gasteiger partial charge in [-0.25, -0.2) is 0 Å². The van der Waals surface area contributed by atoms with Crippen molar-refractivity contribution in [2.24, 2.45) is 5.92 Å². The molecule has 0 fully saturated rings. The summed E-state index contributed by atoms with van der Waals surface area (Å²) in [4.78, 5) is 0. The fraction of sp³-hybridized carbons (Fsp3) is 0.818. The number of allylic oxidation sites excluding steroid dienone is 2. The molecule has 0 bridgehead atoms. The maximum absolute atomic E-state index is 12.1. The van der Waals surface area contributed by atoms with E-state index in [1.165, 1.54) is 0 Å². The molecule has 0 amide bonds. The summed E-state index contributed by atoms with van der Waals surface area (Å²) in [6.07, 6.45) is -5.63. The van der Waals surface area contributed by atoms with Crippen LogP contribution in [-0.2, 0) is 0 Å². The second kappa shape index (κ2) is 6.91. The van der Waals surface area contributed by atoms with Crippen molar-refractivity contribution in [2.75, 3.05) is 0 Å². The molecule has 0 saturated heterocycles. The molecule has 0 radical (unpaired) electrons. The Balaban J connectivity index is 3.51. The van der Waals surface area contributed by atoms with E-state index in [9.17, 15) is 26.3 Å². The van der Waals surface area contributed by atoms with E-state index in [4.69, 9.17) is 0 Å². The van der Waals surface area contributed by atoms with Crippen LogP contribution in [0.25, 0.3) is 0 Å². The van der Waals surface area contributed by atoms with E-state index >= 15 is 0 Å². The molecule has 0 heterocycles. The molecular weight excluding hydrogens is 246 g/mol. The Hall–Kier alpha value is -0.680. The molecule has 1 unspecified atom stereocenters. The second-order valence-corrected chi connectivity index (χ2v) is 4.02. The van der Waals surface area contributed by atoms with Gasteiger partial charge in [0.05, 0.1) is 5.92 Å². The van der Waals surface area contributed by atoms with Crippen LogP contribution in [0.1, 0.15) is 39.0 Å². The fourth-order valence-corrected chi connectivity index (χ4v) is 1.27. The Kier molecular flexibility index (Phi) is 6.64. The van der Waals surface area contributed by atoms with Gasteiger partial charge >= 0.3 is 12.4 Å². The predicted octanol–water partition coefficient (Wildman–Crippen LogP) is 5.25. The number of alkyl halides is 6. The molecule has 0 N–H and O–H groups in total. The Bertz CT molecular complexity index is 225. The molecule has 6 heteroatoms. The highest BCUT2D eigenvalue weighted by Gasteiger charge is 2.34. The molecular formula is C11H16F6. The van der Waals surface area contributed by atoms with Gasteiger partial charge in [-0.05, 0) is 19.3 Å². The number of unbranched alkanes of at least 4 members (excludes halogenated alkanes) is 3. The molecule has 0 spiro atoms. The second-order valence-electron chi connectivity index (χ2n) is 4.02. The van der Waals surface area contributed by atoms with Gasteiger partial charge < -0.3 is 0 Å². The standard InChI is InChI=1S/C11H16F6/c1-9(11(15,16)17)7-5-3-2-4-6-8-10(12,13)14/h6,8-9H,2-5,7H2,1H3. The highest BCUT2D eigenvalue weighted by molar-refractivity contribution is 4.88. The van der Waals surface area contributed by atoms with Crippen molar-refractivity contribution in [2.45, 2.75) is 51.4 Å². The Morgan fingerprint density at radius 1 is 0.941 bits per heavy atom. The lowest BCUT2D eigenvalue weighted by Crippen LogP contribution is -2.19. The van der Waals surface area contributed by atoms with Crippen LogP contribution in [0.3, 0.4) is 0 Å². The third kappa shape index (κ3) is 10.2. The van der Waals surface area contributed by atoms with Crippen LogP contribution >= 0.6 is 0 Å². The van der Waals surface area contributed by atoms with E-state index in [0.717, 1.165) is 13.0 Å². The molecule has 0 aromatic rings. The molecule has 0 aliphatic rings. The van der Waals surface area contributed by atoms with Crippen molar-refractivity contribution in [3.8, 4) is 0 Å². The molecule has 0 aliphatic carbocycles. The first-order valence-corrected chi connectivity index (χ1v) is 5.44. The van der Waals surface area contributed by atoms with Gasteiger partial charge in [0.1, 0.15) is 0 Å². The molecule has 0 saturated carbocycles. The molecule has 1 atom stereocenters. The van der Waals surface area contributed by atoms with Crippen molar-refractivity contribution < 1.29 is 26.3 Å². The minimum absolute atomic E-state index is 0.0342. The summed E-state index contributed by atoms with van der Waals surface area (Å²) in [5, 5.41) is 0. The first-order chi connectivity index (χ1) is 7.63. The predicted molar refractivity (Wildman–Crippen MR) is 53.5 cm³/mol. The summed E-state index contributed by atoms with van der Waals surface area (Å²) in [6, 6.07) is 0. The zero-order chi connectivity index (χ0) is 13.5. The van der Waals surface area contributed by atoms with Crippen LogP contribution in [0.4, 0.5) is 26.3 Å². The monoisotopic (exact) mass is 262 g/mol. The van der Waals surface area contributed by atoms with Gasteiger partial charge in [-0.1, -0.05) is 25.8 Å². The van der Waals surface area contributed by atoms with Gasteiger partial charge in [0.15, 0.2) is 0 Å². The summed E-state index contributed by atoms with van der Waals surface area (Å²) < 4.78 is 71.2. The van der Waals surface area contributed by atoms with Crippen molar-refractivity contribution in [3.63, 3.8) is 0 Å². The van der Waals surface area contributed by atoms with Crippen LogP contribution in [0.2, 0.25) is 0 Å². The number of rotatable bonds is 6. The average Bonchev–Trinajstić information content (AvgIpc) is 2.12. The van der Waals surface area contributed by atoms with E-state index in [0.29, 0.717) is 19.3 Å². The van der Waals surface area contributed by atoms with Gasteiger partial charge in [-0.2, -0.15) is 26.3 Å². The molecule has 0 nitrogen and oxygen atoms in total. The van der Waals surface area contributed by atoms with Crippen LogP contribution in [0.15, 0.2) is 12.2 Å². The zero-order valence-electron chi connectivity index (χ0n) is 9.54. The molecule has 102 valence electrons. The summed E-state index contributed by atoms with van der Waals surface area (Å²) in [5.74, 6) is -1.34. The number of hydrogen-bond donors (Lipinski definition) is 0. The Labute approximate surface area is 96.7 Å². The normalized spacial score (nSPS) is 15.5. The van der Waals surface area contributed by atoms with Crippen LogP contribution in [0.5, 0.6) is 0 Å². The highest BCUT2D eigenvalue weighted by Crippen LogP contribution is 2.29. The topological polar surface area (TPSA) is 0 Å². The van der Waals surface area contributed by atoms with Gasteiger partial charge in [-0.3, -0.25) is 0 Å². The smallest absolute Gasteiger partial charge is 0.171 e. The lowest BCUT2D eigenvalue weighted by Gasteiger charge is -2.14. The summed E-state index contributed by atoms with van der Waals surface area (Å²) in [5.41, 5.74) is 0. The van der Waals surface area contributed by atoms with E-state index in [1.54, 1.807) is 0 Å². The van der Waals surface area contributed by atoms with Crippen molar-refractivity contribution in [3.05, 3.63) is 12.2 Å². The Morgan fingerprint density at radius 3 is 2.00 bits per heavy atom. The quantitative estimate of drug-likeness (QED) is 0.348. The third-order valence-corrected chi connectivity index (χ3v) is 2.37. The largest absolute Gasteiger partial charge is 0.409 e. The van der Waals surface area contributed by atoms with Crippen LogP contribution in [0, 0.1) is 5.92 Å².